The number of carbonyl (C=O) groups excluding carboxylic acids is 1. The number of nitrogens with one attached hydrogen (secondary N) is 1. The van der Waals surface area contributed by atoms with Crippen LogP contribution in [0.1, 0.15) is 24.0 Å². The fraction of sp³-hybridized carbons (Fsp3) is 0.381. The lowest BCUT2D eigenvalue weighted by Gasteiger charge is -2.31. The molecule has 1 amide bonds. The smallest absolute Gasteiger partial charge is 0.224 e. The zero-order valence-electron chi connectivity index (χ0n) is 16.6. The van der Waals surface area contributed by atoms with Gasteiger partial charge in [-0.2, -0.15) is 0 Å². The van der Waals surface area contributed by atoms with E-state index in [1.54, 1.807) is 25.3 Å². The monoisotopic (exact) mass is 470 g/mol. The van der Waals surface area contributed by atoms with Crippen LogP contribution in [0, 0.1) is 5.92 Å². The molecule has 0 spiro atoms. The van der Waals surface area contributed by atoms with E-state index in [0.717, 1.165) is 11.3 Å². The molecule has 0 radical (unpaired) electrons. The van der Waals surface area contributed by atoms with Crippen LogP contribution in [0.25, 0.3) is 0 Å². The van der Waals surface area contributed by atoms with E-state index in [9.17, 15) is 13.2 Å². The minimum atomic E-state index is -3.57. The summed E-state index contributed by atoms with van der Waals surface area (Å²) in [5.74, 6) is 0.0152. The number of ether oxygens (including phenoxy) is 1. The van der Waals surface area contributed by atoms with Crippen molar-refractivity contribution < 1.29 is 17.9 Å². The Morgan fingerprint density at radius 2 is 1.97 bits per heavy atom. The molecule has 1 N–H and O–H groups in total. The number of rotatable bonds is 7. The lowest BCUT2D eigenvalue weighted by atomic mass is 9.99. The molecular formula is C21H24Cl2N2O4S. The van der Waals surface area contributed by atoms with Crippen LogP contribution in [0.15, 0.2) is 42.5 Å². The van der Waals surface area contributed by atoms with Crippen molar-refractivity contribution in [3.63, 3.8) is 0 Å². The van der Waals surface area contributed by atoms with Gasteiger partial charge in [-0.25, -0.2) is 12.7 Å². The molecule has 6 nitrogen and oxygen atoms in total. The fourth-order valence-electron chi connectivity index (χ4n) is 3.46. The molecule has 2 aromatic carbocycles. The number of methoxy groups -OCH3 is 1. The summed E-state index contributed by atoms with van der Waals surface area (Å²) in [5, 5.41) is 3.60. The van der Waals surface area contributed by atoms with Crippen molar-refractivity contribution >= 4 is 39.1 Å². The maximum absolute atomic E-state index is 12.9. The second-order valence-corrected chi connectivity index (χ2v) is 10.1. The van der Waals surface area contributed by atoms with Gasteiger partial charge in [0.2, 0.25) is 15.9 Å². The molecule has 9 heteroatoms. The summed E-state index contributed by atoms with van der Waals surface area (Å²) < 4.78 is 32.3. The zero-order chi connectivity index (χ0) is 21.7. The molecule has 2 aromatic rings. The van der Waals surface area contributed by atoms with Crippen molar-refractivity contribution in [2.24, 2.45) is 5.92 Å². The van der Waals surface area contributed by atoms with Gasteiger partial charge in [-0.15, -0.1) is 0 Å². The number of sulfonamides is 1. The second kappa shape index (κ2) is 10.0. The molecule has 1 saturated heterocycles. The summed E-state index contributed by atoms with van der Waals surface area (Å²) in [5.41, 5.74) is 1.48. The van der Waals surface area contributed by atoms with Crippen LogP contribution < -0.4 is 10.1 Å². The van der Waals surface area contributed by atoms with E-state index >= 15 is 0 Å². The average Bonchev–Trinajstić information content (AvgIpc) is 2.74. The normalized spacial score (nSPS) is 17.5. The summed E-state index contributed by atoms with van der Waals surface area (Å²) >= 11 is 11.9. The Labute approximate surface area is 187 Å². The van der Waals surface area contributed by atoms with Gasteiger partial charge in [0, 0.05) is 19.6 Å². The average molecular weight is 471 g/mol. The molecule has 3 rings (SSSR count). The first-order valence-corrected chi connectivity index (χ1v) is 12.0. The van der Waals surface area contributed by atoms with Crippen LogP contribution in [0.4, 0.5) is 0 Å². The number of benzene rings is 2. The van der Waals surface area contributed by atoms with E-state index in [1.165, 1.54) is 4.31 Å². The topological polar surface area (TPSA) is 75.7 Å². The van der Waals surface area contributed by atoms with Crippen LogP contribution >= 0.6 is 23.2 Å². The third-order valence-corrected chi connectivity index (χ3v) is 7.64. The first-order valence-electron chi connectivity index (χ1n) is 9.61. The third kappa shape index (κ3) is 5.88. The highest BCUT2D eigenvalue weighted by molar-refractivity contribution is 7.88. The Kier molecular flexibility index (Phi) is 7.63. The van der Waals surface area contributed by atoms with Gasteiger partial charge in [0.1, 0.15) is 5.75 Å². The number of nitrogens with zero attached hydrogens (tertiary/aromatic N) is 1. The van der Waals surface area contributed by atoms with Crippen molar-refractivity contribution in [2.75, 3.05) is 20.2 Å². The summed E-state index contributed by atoms with van der Waals surface area (Å²) in [6.07, 6.45) is 1.29. The maximum atomic E-state index is 12.9. The predicted molar refractivity (Wildman–Crippen MR) is 118 cm³/mol. The second-order valence-electron chi connectivity index (χ2n) is 7.27. The first kappa shape index (κ1) is 22.9. The zero-order valence-corrected chi connectivity index (χ0v) is 18.9. The lowest BCUT2D eigenvalue weighted by Crippen LogP contribution is -2.45. The summed E-state index contributed by atoms with van der Waals surface area (Å²) in [7, 11) is -1.98. The standard InChI is InChI=1S/C21H24Cl2N2O4S/c1-29-18-6-2-4-15(10-18)12-24-21(26)17-5-3-9-25(13-17)30(27,28)14-16-7-8-19(22)20(23)11-16/h2,4,6-8,10-11,17H,3,5,9,12-14H2,1H3,(H,24,26). The molecule has 1 heterocycles. The minimum Gasteiger partial charge on any atom is -0.497 e. The largest absolute Gasteiger partial charge is 0.497 e. The fourth-order valence-corrected chi connectivity index (χ4v) is 5.37. The highest BCUT2D eigenvalue weighted by Crippen LogP contribution is 2.26. The van der Waals surface area contributed by atoms with Gasteiger partial charge >= 0.3 is 0 Å². The lowest BCUT2D eigenvalue weighted by molar-refractivity contribution is -0.126. The Morgan fingerprint density at radius 3 is 2.70 bits per heavy atom. The molecule has 1 aliphatic heterocycles. The Balaban J connectivity index is 1.60. The highest BCUT2D eigenvalue weighted by Gasteiger charge is 2.32. The Hall–Kier alpha value is -1.80. The quantitative estimate of drug-likeness (QED) is 0.666. The van der Waals surface area contributed by atoms with Gasteiger partial charge in [-0.1, -0.05) is 41.4 Å². The number of halogens is 2. The molecule has 1 fully saturated rings. The minimum absolute atomic E-state index is 0.146. The van der Waals surface area contributed by atoms with Gasteiger partial charge in [0.15, 0.2) is 0 Å². The molecule has 30 heavy (non-hydrogen) atoms. The van der Waals surface area contributed by atoms with Crippen LogP contribution in [-0.4, -0.2) is 38.8 Å². The highest BCUT2D eigenvalue weighted by atomic mass is 35.5. The number of hydrogen-bond donors (Lipinski definition) is 1. The van der Waals surface area contributed by atoms with Gasteiger partial charge in [-0.3, -0.25) is 4.79 Å². The summed E-state index contributed by atoms with van der Waals surface area (Å²) in [6, 6.07) is 12.2. The van der Waals surface area contributed by atoms with E-state index in [4.69, 9.17) is 27.9 Å². The maximum Gasteiger partial charge on any atom is 0.224 e. The number of hydrogen-bond acceptors (Lipinski definition) is 4. The molecule has 0 bridgehead atoms. The van der Waals surface area contributed by atoms with Crippen molar-refractivity contribution in [1.82, 2.24) is 9.62 Å². The first-order chi connectivity index (χ1) is 14.3. The molecule has 0 saturated carbocycles. The van der Waals surface area contributed by atoms with Crippen LogP contribution in [0.5, 0.6) is 5.75 Å². The van der Waals surface area contributed by atoms with E-state index in [-0.39, 0.29) is 24.1 Å². The van der Waals surface area contributed by atoms with E-state index in [0.29, 0.717) is 41.5 Å². The van der Waals surface area contributed by atoms with Crippen molar-refractivity contribution in [2.45, 2.75) is 25.1 Å². The third-order valence-electron chi connectivity index (χ3n) is 5.08. The molecule has 1 aliphatic rings. The van der Waals surface area contributed by atoms with E-state index in [1.807, 2.05) is 24.3 Å². The van der Waals surface area contributed by atoms with Gasteiger partial charge in [0.05, 0.1) is 28.8 Å². The van der Waals surface area contributed by atoms with Crippen LogP contribution in [-0.2, 0) is 27.1 Å². The van der Waals surface area contributed by atoms with Gasteiger partial charge in [0.25, 0.3) is 0 Å². The molecule has 0 aliphatic carbocycles. The summed E-state index contributed by atoms with van der Waals surface area (Å²) in [4.78, 5) is 12.6. The number of carbonyl (C=O) groups is 1. The van der Waals surface area contributed by atoms with Crippen LogP contribution in [0.3, 0.4) is 0 Å². The Bertz CT molecular complexity index is 1010. The number of amides is 1. The molecule has 0 aromatic heterocycles. The molecule has 1 atom stereocenters. The summed E-state index contributed by atoms with van der Waals surface area (Å²) in [6.45, 7) is 0.944. The van der Waals surface area contributed by atoms with Crippen molar-refractivity contribution in [1.29, 1.82) is 0 Å². The number of piperidine rings is 1. The van der Waals surface area contributed by atoms with Gasteiger partial charge < -0.3 is 10.1 Å². The van der Waals surface area contributed by atoms with E-state index in [2.05, 4.69) is 5.32 Å². The van der Waals surface area contributed by atoms with Crippen molar-refractivity contribution in [3.05, 3.63) is 63.6 Å². The molecule has 1 unspecified atom stereocenters. The van der Waals surface area contributed by atoms with E-state index < -0.39 is 10.0 Å². The predicted octanol–water partition coefficient (Wildman–Crippen LogP) is 3.86. The van der Waals surface area contributed by atoms with Crippen LogP contribution in [0.2, 0.25) is 10.0 Å². The molecule has 162 valence electrons. The molecular weight excluding hydrogens is 447 g/mol. The van der Waals surface area contributed by atoms with Crippen molar-refractivity contribution in [3.8, 4) is 5.75 Å². The van der Waals surface area contributed by atoms with Gasteiger partial charge in [-0.05, 0) is 48.2 Å². The SMILES string of the molecule is COc1cccc(CNC(=O)C2CCCN(S(=O)(=O)Cc3ccc(Cl)c(Cl)c3)C2)c1. The Morgan fingerprint density at radius 1 is 1.17 bits per heavy atom.